The van der Waals surface area contributed by atoms with E-state index in [1.807, 2.05) is 35.2 Å². The first-order valence-electron chi connectivity index (χ1n) is 9.30. The molecule has 138 valence electrons. The van der Waals surface area contributed by atoms with Crippen molar-refractivity contribution in [1.82, 2.24) is 10.1 Å². The van der Waals surface area contributed by atoms with Crippen molar-refractivity contribution >= 4 is 5.91 Å². The largest absolute Gasteiger partial charge is 0.385 e. The molecule has 2 unspecified atom stereocenters. The van der Waals surface area contributed by atoms with E-state index in [0.29, 0.717) is 31.7 Å². The molecular weight excluding hydrogens is 332 g/mol. The zero-order valence-corrected chi connectivity index (χ0v) is 14.7. The fourth-order valence-electron chi connectivity index (χ4n) is 4.39. The number of likely N-dealkylation sites (tertiary alicyclic amines) is 1. The molecular formula is C20H24N2O4. The lowest BCUT2D eigenvalue weighted by Crippen LogP contribution is -2.41. The van der Waals surface area contributed by atoms with E-state index in [-0.39, 0.29) is 23.3 Å². The SMILES string of the molecule is O=C(C1CCC(O)(c2ccccc2)C1)N1CCC(c2cc(=O)[nH]o2)CC1. The minimum atomic E-state index is -0.894. The van der Waals surface area contributed by atoms with Crippen LogP contribution in [-0.4, -0.2) is 34.2 Å². The molecule has 1 aromatic heterocycles. The van der Waals surface area contributed by atoms with Crippen LogP contribution < -0.4 is 5.56 Å². The highest BCUT2D eigenvalue weighted by molar-refractivity contribution is 5.79. The number of hydrogen-bond donors (Lipinski definition) is 2. The third-order valence-corrected chi connectivity index (χ3v) is 5.90. The fourth-order valence-corrected chi connectivity index (χ4v) is 4.39. The van der Waals surface area contributed by atoms with Gasteiger partial charge in [0, 0.05) is 31.0 Å². The number of aromatic amines is 1. The molecule has 0 radical (unpaired) electrons. The molecule has 6 heteroatoms. The number of rotatable bonds is 3. The Morgan fingerprint density at radius 1 is 1.19 bits per heavy atom. The first kappa shape index (κ1) is 17.1. The van der Waals surface area contributed by atoms with Crippen LogP contribution in [0.25, 0.3) is 0 Å². The number of aliphatic hydroxyl groups is 1. The van der Waals surface area contributed by atoms with E-state index in [2.05, 4.69) is 5.16 Å². The number of nitrogens with zero attached hydrogens (tertiary/aromatic N) is 1. The lowest BCUT2D eigenvalue weighted by atomic mass is 9.90. The maximum atomic E-state index is 12.9. The monoisotopic (exact) mass is 356 g/mol. The summed E-state index contributed by atoms with van der Waals surface area (Å²) in [4.78, 5) is 26.0. The standard InChI is InChI=1S/C20H24N2O4/c23-18-12-17(26-21-18)14-7-10-22(11-8-14)19(24)15-6-9-20(25,13-15)16-4-2-1-3-5-16/h1-5,12,14-15,25H,6-11,13H2,(H,21,23). The van der Waals surface area contributed by atoms with Gasteiger partial charge in [0.1, 0.15) is 5.76 Å². The highest BCUT2D eigenvalue weighted by Crippen LogP contribution is 2.43. The van der Waals surface area contributed by atoms with E-state index >= 15 is 0 Å². The van der Waals surface area contributed by atoms with Crippen molar-refractivity contribution < 1.29 is 14.4 Å². The van der Waals surface area contributed by atoms with Crippen LogP contribution in [0.4, 0.5) is 0 Å². The van der Waals surface area contributed by atoms with Gasteiger partial charge in [-0.3, -0.25) is 9.59 Å². The van der Waals surface area contributed by atoms with Crippen LogP contribution in [0.2, 0.25) is 0 Å². The number of carbonyl (C=O) groups is 1. The Balaban J connectivity index is 1.36. The molecule has 1 amide bonds. The summed E-state index contributed by atoms with van der Waals surface area (Å²) in [5.74, 6) is 0.886. The highest BCUT2D eigenvalue weighted by atomic mass is 16.5. The summed E-state index contributed by atoms with van der Waals surface area (Å²) in [5, 5.41) is 13.3. The van der Waals surface area contributed by atoms with Crippen LogP contribution >= 0.6 is 0 Å². The van der Waals surface area contributed by atoms with Gasteiger partial charge in [0.25, 0.3) is 5.56 Å². The van der Waals surface area contributed by atoms with Crippen LogP contribution in [0.3, 0.4) is 0 Å². The van der Waals surface area contributed by atoms with Gasteiger partial charge < -0.3 is 14.5 Å². The van der Waals surface area contributed by atoms with Gasteiger partial charge in [-0.05, 0) is 37.7 Å². The zero-order chi connectivity index (χ0) is 18.1. The minimum Gasteiger partial charge on any atom is -0.385 e. The zero-order valence-electron chi connectivity index (χ0n) is 14.7. The summed E-state index contributed by atoms with van der Waals surface area (Å²) in [6, 6.07) is 11.1. The predicted molar refractivity (Wildman–Crippen MR) is 95.6 cm³/mol. The Kier molecular flexibility index (Phi) is 4.44. The van der Waals surface area contributed by atoms with Crippen molar-refractivity contribution in [1.29, 1.82) is 0 Å². The predicted octanol–water partition coefficient (Wildman–Crippen LogP) is 2.36. The van der Waals surface area contributed by atoms with Gasteiger partial charge in [-0.2, -0.15) is 5.16 Å². The lowest BCUT2D eigenvalue weighted by molar-refractivity contribution is -0.137. The van der Waals surface area contributed by atoms with E-state index < -0.39 is 5.60 Å². The number of carbonyl (C=O) groups excluding carboxylic acids is 1. The summed E-state index contributed by atoms with van der Waals surface area (Å²) >= 11 is 0. The molecule has 1 aliphatic heterocycles. The molecule has 1 saturated heterocycles. The summed E-state index contributed by atoms with van der Waals surface area (Å²) < 4.78 is 5.20. The fraction of sp³-hybridized carbons (Fsp3) is 0.500. The maximum Gasteiger partial charge on any atom is 0.280 e. The van der Waals surface area contributed by atoms with Gasteiger partial charge in [0.2, 0.25) is 5.91 Å². The van der Waals surface area contributed by atoms with E-state index in [9.17, 15) is 14.7 Å². The number of hydrogen-bond acceptors (Lipinski definition) is 4. The van der Waals surface area contributed by atoms with Crippen molar-refractivity contribution in [3.8, 4) is 0 Å². The number of benzene rings is 1. The van der Waals surface area contributed by atoms with Crippen LogP contribution in [0.15, 0.2) is 45.7 Å². The molecule has 2 fully saturated rings. The van der Waals surface area contributed by atoms with Crippen molar-refractivity contribution in [2.75, 3.05) is 13.1 Å². The Labute approximate surface area is 151 Å². The average Bonchev–Trinajstić information content (AvgIpc) is 3.29. The van der Waals surface area contributed by atoms with Gasteiger partial charge in [-0.1, -0.05) is 30.3 Å². The van der Waals surface area contributed by atoms with Crippen LogP contribution in [0.5, 0.6) is 0 Å². The van der Waals surface area contributed by atoms with Crippen LogP contribution in [0.1, 0.15) is 49.3 Å². The molecule has 1 aliphatic carbocycles. The molecule has 2 N–H and O–H groups in total. The summed E-state index contributed by atoms with van der Waals surface area (Å²) in [5.41, 5.74) is -0.213. The number of piperidine rings is 1. The first-order valence-corrected chi connectivity index (χ1v) is 9.30. The molecule has 2 aliphatic rings. The first-order chi connectivity index (χ1) is 12.5. The second-order valence-corrected chi connectivity index (χ2v) is 7.55. The van der Waals surface area contributed by atoms with Crippen molar-refractivity contribution in [2.24, 2.45) is 5.92 Å². The van der Waals surface area contributed by atoms with Gasteiger partial charge in [-0.25, -0.2) is 0 Å². The topological polar surface area (TPSA) is 86.5 Å². The Morgan fingerprint density at radius 3 is 2.58 bits per heavy atom. The molecule has 2 atom stereocenters. The molecule has 2 aromatic rings. The molecule has 6 nitrogen and oxygen atoms in total. The number of nitrogens with one attached hydrogen (secondary N) is 1. The van der Waals surface area contributed by atoms with Crippen molar-refractivity contribution in [2.45, 2.75) is 43.6 Å². The van der Waals surface area contributed by atoms with Gasteiger partial charge in [0.05, 0.1) is 5.60 Å². The second kappa shape index (κ2) is 6.76. The highest BCUT2D eigenvalue weighted by Gasteiger charge is 2.43. The molecule has 4 rings (SSSR count). The summed E-state index contributed by atoms with van der Waals surface area (Å²) in [7, 11) is 0. The minimum absolute atomic E-state index is 0.123. The maximum absolute atomic E-state index is 12.9. The average molecular weight is 356 g/mol. The Hall–Kier alpha value is -2.34. The normalized spacial score (nSPS) is 27.0. The molecule has 26 heavy (non-hydrogen) atoms. The molecule has 1 saturated carbocycles. The van der Waals surface area contributed by atoms with E-state index in [1.54, 1.807) is 0 Å². The van der Waals surface area contributed by atoms with E-state index in [4.69, 9.17) is 4.52 Å². The summed E-state index contributed by atoms with van der Waals surface area (Å²) in [6.07, 6.45) is 3.42. The van der Waals surface area contributed by atoms with E-state index in [1.165, 1.54) is 6.07 Å². The molecule has 1 aromatic carbocycles. The second-order valence-electron chi connectivity index (χ2n) is 7.55. The molecule has 0 spiro atoms. The van der Waals surface area contributed by atoms with Crippen LogP contribution in [-0.2, 0) is 10.4 Å². The van der Waals surface area contributed by atoms with E-state index in [0.717, 1.165) is 24.8 Å². The smallest absolute Gasteiger partial charge is 0.280 e. The van der Waals surface area contributed by atoms with Gasteiger partial charge >= 0.3 is 0 Å². The molecule has 0 bridgehead atoms. The number of amides is 1. The van der Waals surface area contributed by atoms with Gasteiger partial charge in [-0.15, -0.1) is 0 Å². The number of H-pyrrole nitrogens is 1. The van der Waals surface area contributed by atoms with Crippen LogP contribution in [0, 0.1) is 5.92 Å². The van der Waals surface area contributed by atoms with Crippen molar-refractivity contribution in [3.63, 3.8) is 0 Å². The number of aromatic nitrogens is 1. The lowest BCUT2D eigenvalue weighted by Gasteiger charge is -2.33. The Bertz CT molecular complexity index is 820. The Morgan fingerprint density at radius 2 is 1.92 bits per heavy atom. The summed E-state index contributed by atoms with van der Waals surface area (Å²) in [6.45, 7) is 1.33. The van der Waals surface area contributed by atoms with Gasteiger partial charge in [0.15, 0.2) is 0 Å². The molecule has 2 heterocycles. The quantitative estimate of drug-likeness (QED) is 0.884. The third-order valence-electron chi connectivity index (χ3n) is 5.90. The van der Waals surface area contributed by atoms with Crippen molar-refractivity contribution in [3.05, 3.63) is 58.1 Å². The third kappa shape index (κ3) is 3.21.